The van der Waals surface area contributed by atoms with E-state index in [0.29, 0.717) is 24.2 Å². The van der Waals surface area contributed by atoms with Crippen LogP contribution in [0.4, 0.5) is 5.69 Å². The molecule has 1 aliphatic heterocycles. The summed E-state index contributed by atoms with van der Waals surface area (Å²) in [5, 5.41) is 33.5. The standard InChI is InChI=1S/C26H30N2O7.CH5N/c1-4-27-17(2)21(25(32)35-14-13-29)22(19-11-8-12-20(15-19)28(33)34)23(24(30)31)26(27,3)16-18-9-6-5-7-10-18;1-2/h5-12,15,22-23,29H,4,13-14,16H2,1-3H3,(H,30,31);2H2,1H3/p-1. The highest BCUT2D eigenvalue weighted by Crippen LogP contribution is 2.49. The molecular weight excluding hydrogens is 478 g/mol. The van der Waals surface area contributed by atoms with Crippen LogP contribution in [0.5, 0.6) is 0 Å². The Kier molecular flexibility index (Phi) is 10.3. The van der Waals surface area contributed by atoms with Gasteiger partial charge in [0.15, 0.2) is 0 Å². The normalized spacial score (nSPS) is 21.1. The number of non-ortho nitro benzene ring substituents is 1. The van der Waals surface area contributed by atoms with E-state index in [-0.39, 0.29) is 17.9 Å². The number of aliphatic carboxylic acids is 1. The molecule has 200 valence electrons. The molecule has 0 radical (unpaired) electrons. The molecule has 0 saturated heterocycles. The van der Waals surface area contributed by atoms with Crippen LogP contribution in [-0.4, -0.2) is 59.2 Å². The lowest BCUT2D eigenvalue weighted by molar-refractivity contribution is -0.385. The third-order valence-electron chi connectivity index (χ3n) is 6.69. The Hall–Kier alpha value is -3.76. The van der Waals surface area contributed by atoms with Gasteiger partial charge in [0.1, 0.15) is 6.61 Å². The van der Waals surface area contributed by atoms with E-state index in [4.69, 9.17) is 9.84 Å². The number of carbonyl (C=O) groups excluding carboxylic acids is 2. The molecule has 1 heterocycles. The molecule has 0 spiro atoms. The van der Waals surface area contributed by atoms with Crippen molar-refractivity contribution in [2.24, 2.45) is 11.7 Å². The molecule has 3 atom stereocenters. The van der Waals surface area contributed by atoms with E-state index in [0.717, 1.165) is 5.56 Å². The van der Waals surface area contributed by atoms with Gasteiger partial charge >= 0.3 is 5.97 Å². The summed E-state index contributed by atoms with van der Waals surface area (Å²) in [7, 11) is 1.50. The fraction of sp³-hybridized carbons (Fsp3) is 0.407. The van der Waals surface area contributed by atoms with Crippen molar-refractivity contribution in [2.45, 2.75) is 38.6 Å². The second-order valence-corrected chi connectivity index (χ2v) is 8.75. The molecule has 2 aromatic carbocycles. The van der Waals surface area contributed by atoms with Crippen molar-refractivity contribution >= 4 is 17.6 Å². The Morgan fingerprint density at radius 3 is 2.35 bits per heavy atom. The number of aliphatic hydroxyl groups excluding tert-OH is 1. The van der Waals surface area contributed by atoms with Crippen LogP contribution in [0, 0.1) is 16.0 Å². The van der Waals surface area contributed by atoms with Gasteiger partial charge in [-0.3, -0.25) is 10.1 Å². The highest BCUT2D eigenvalue weighted by molar-refractivity contribution is 5.93. The number of nitro benzene ring substituents is 1. The third-order valence-corrected chi connectivity index (χ3v) is 6.69. The number of aliphatic hydroxyl groups is 1. The van der Waals surface area contributed by atoms with Gasteiger partial charge in [-0.15, -0.1) is 0 Å². The van der Waals surface area contributed by atoms with Gasteiger partial charge in [-0.2, -0.15) is 0 Å². The molecular formula is C27H34N3O7-. The number of carbonyl (C=O) groups is 2. The summed E-state index contributed by atoms with van der Waals surface area (Å²) in [5.41, 5.74) is 5.05. The van der Waals surface area contributed by atoms with Crippen molar-refractivity contribution in [2.75, 3.05) is 26.8 Å². The van der Waals surface area contributed by atoms with E-state index in [9.17, 15) is 24.8 Å². The van der Waals surface area contributed by atoms with Gasteiger partial charge in [0.2, 0.25) is 0 Å². The van der Waals surface area contributed by atoms with Gasteiger partial charge in [-0.05, 0) is 45.4 Å². The highest BCUT2D eigenvalue weighted by atomic mass is 16.6. The molecule has 10 heteroatoms. The number of rotatable bonds is 9. The number of allylic oxidation sites excluding steroid dienone is 1. The molecule has 37 heavy (non-hydrogen) atoms. The minimum absolute atomic E-state index is 0.0838. The van der Waals surface area contributed by atoms with E-state index in [2.05, 4.69) is 5.73 Å². The van der Waals surface area contributed by atoms with E-state index in [1.807, 2.05) is 49.1 Å². The van der Waals surface area contributed by atoms with Gasteiger partial charge in [-0.1, -0.05) is 42.5 Å². The average molecular weight is 513 g/mol. The SMILES string of the molecule is CCN1C(C)=C(C(=O)OCCO)C(c2cccc([N+](=O)[O-])c2)C(C(=O)[O-])C1(C)Cc1ccccc1.CN. The molecule has 3 unspecified atom stereocenters. The van der Waals surface area contributed by atoms with Gasteiger partial charge in [0, 0.05) is 42.2 Å². The zero-order chi connectivity index (χ0) is 27.8. The summed E-state index contributed by atoms with van der Waals surface area (Å²) in [6.45, 7) is 5.14. The van der Waals surface area contributed by atoms with Crippen LogP contribution in [0.2, 0.25) is 0 Å². The second-order valence-electron chi connectivity index (χ2n) is 8.75. The molecule has 2 aromatic rings. The monoisotopic (exact) mass is 512 g/mol. The second kappa shape index (κ2) is 13.0. The number of nitrogens with two attached hydrogens (primary N) is 1. The van der Waals surface area contributed by atoms with Crippen LogP contribution in [-0.2, 0) is 20.7 Å². The molecule has 0 saturated carbocycles. The molecule has 10 nitrogen and oxygen atoms in total. The maximum atomic E-state index is 13.2. The van der Waals surface area contributed by atoms with Crippen molar-refractivity contribution in [1.29, 1.82) is 0 Å². The van der Waals surface area contributed by atoms with E-state index >= 15 is 0 Å². The topological polar surface area (TPSA) is 159 Å². The zero-order valence-electron chi connectivity index (χ0n) is 21.5. The maximum Gasteiger partial charge on any atom is 0.336 e. The molecule has 3 rings (SSSR count). The van der Waals surface area contributed by atoms with Gasteiger partial charge in [-0.25, -0.2) is 4.79 Å². The number of likely N-dealkylation sites (N-methyl/N-ethyl adjacent to an activating group) is 1. The first-order chi connectivity index (χ1) is 17.7. The smallest absolute Gasteiger partial charge is 0.336 e. The molecule has 0 bridgehead atoms. The number of nitro groups is 1. The Balaban J connectivity index is 0.00000235. The van der Waals surface area contributed by atoms with Crippen LogP contribution in [0.25, 0.3) is 0 Å². The van der Waals surface area contributed by atoms with Crippen LogP contribution in [0.3, 0.4) is 0 Å². The van der Waals surface area contributed by atoms with Crippen molar-refractivity contribution in [3.8, 4) is 0 Å². The summed E-state index contributed by atoms with van der Waals surface area (Å²) in [6.07, 6.45) is 0.335. The first kappa shape index (κ1) is 29.5. The summed E-state index contributed by atoms with van der Waals surface area (Å²) >= 11 is 0. The lowest BCUT2D eigenvalue weighted by Gasteiger charge is -2.55. The summed E-state index contributed by atoms with van der Waals surface area (Å²) in [4.78, 5) is 38.8. The van der Waals surface area contributed by atoms with E-state index in [1.165, 1.54) is 25.2 Å². The van der Waals surface area contributed by atoms with Gasteiger partial charge < -0.3 is 30.4 Å². The number of ether oxygens (including phenoxy) is 1. The lowest BCUT2D eigenvalue weighted by Crippen LogP contribution is -2.62. The zero-order valence-corrected chi connectivity index (χ0v) is 21.5. The minimum Gasteiger partial charge on any atom is -0.550 e. The van der Waals surface area contributed by atoms with Gasteiger partial charge in [0.05, 0.1) is 22.6 Å². The van der Waals surface area contributed by atoms with E-state index in [1.54, 1.807) is 13.0 Å². The van der Waals surface area contributed by atoms with Crippen LogP contribution in [0.1, 0.15) is 37.8 Å². The summed E-state index contributed by atoms with van der Waals surface area (Å²) < 4.78 is 5.22. The average Bonchev–Trinajstić information content (AvgIpc) is 2.88. The van der Waals surface area contributed by atoms with Crippen molar-refractivity contribution < 1.29 is 29.5 Å². The molecule has 1 aliphatic rings. The Morgan fingerprint density at radius 1 is 1.16 bits per heavy atom. The Bertz CT molecular complexity index is 1140. The van der Waals surface area contributed by atoms with E-state index < -0.39 is 40.8 Å². The maximum absolute atomic E-state index is 13.2. The predicted octanol–water partition coefficient (Wildman–Crippen LogP) is 1.77. The fourth-order valence-corrected chi connectivity index (χ4v) is 5.33. The van der Waals surface area contributed by atoms with Crippen molar-refractivity contribution in [1.82, 2.24) is 4.90 Å². The fourth-order valence-electron chi connectivity index (χ4n) is 5.33. The van der Waals surface area contributed by atoms with Crippen LogP contribution >= 0.6 is 0 Å². The first-order valence-corrected chi connectivity index (χ1v) is 12.0. The first-order valence-electron chi connectivity index (χ1n) is 12.0. The molecule has 0 fully saturated rings. The number of esters is 1. The summed E-state index contributed by atoms with van der Waals surface area (Å²) in [5.74, 6) is -4.47. The van der Waals surface area contributed by atoms with Crippen molar-refractivity contribution in [3.05, 3.63) is 87.1 Å². The largest absolute Gasteiger partial charge is 0.550 e. The molecule has 0 aliphatic carbocycles. The predicted molar refractivity (Wildman–Crippen MR) is 136 cm³/mol. The number of hydrogen-bond acceptors (Lipinski definition) is 9. The molecule has 3 N–H and O–H groups in total. The number of hydrogen-bond donors (Lipinski definition) is 2. The molecule has 0 aromatic heterocycles. The Morgan fingerprint density at radius 2 is 1.81 bits per heavy atom. The molecule has 0 amide bonds. The van der Waals surface area contributed by atoms with Crippen LogP contribution in [0.15, 0.2) is 65.9 Å². The van der Waals surface area contributed by atoms with Crippen molar-refractivity contribution in [3.63, 3.8) is 0 Å². The highest BCUT2D eigenvalue weighted by Gasteiger charge is 2.52. The quantitative estimate of drug-likeness (QED) is 0.290. The number of carboxylic acid groups (broad SMARTS) is 1. The lowest BCUT2D eigenvalue weighted by atomic mass is 9.64. The number of carboxylic acids is 1. The number of nitrogens with zero attached hydrogens (tertiary/aromatic N) is 2. The summed E-state index contributed by atoms with van der Waals surface area (Å²) in [6, 6.07) is 15.0. The third kappa shape index (κ3) is 6.15. The number of benzene rings is 2. The minimum atomic E-state index is -1.38. The Labute approximate surface area is 216 Å². The van der Waals surface area contributed by atoms with Crippen LogP contribution < -0.4 is 10.8 Å². The van der Waals surface area contributed by atoms with Gasteiger partial charge in [0.25, 0.3) is 5.69 Å².